The molecule has 2 aliphatic rings. The molecule has 3 amide bonds. The molecular formula is C20H18ClFN4O2. The van der Waals surface area contributed by atoms with Crippen molar-refractivity contribution in [2.75, 3.05) is 18.4 Å². The van der Waals surface area contributed by atoms with Crippen molar-refractivity contribution in [3.63, 3.8) is 0 Å². The minimum absolute atomic E-state index is 0.230. The van der Waals surface area contributed by atoms with Crippen molar-refractivity contribution in [3.8, 4) is 0 Å². The maximum absolute atomic E-state index is 13.0. The third kappa shape index (κ3) is 3.71. The van der Waals surface area contributed by atoms with Gasteiger partial charge >= 0.3 is 6.03 Å². The summed E-state index contributed by atoms with van der Waals surface area (Å²) in [5.41, 5.74) is 0.883. The Labute approximate surface area is 166 Å². The summed E-state index contributed by atoms with van der Waals surface area (Å²) in [6, 6.07) is 12.4. The minimum Gasteiger partial charge on any atom is -0.326 e. The first-order valence-electron chi connectivity index (χ1n) is 8.94. The topological polar surface area (TPSA) is 73.8 Å². The van der Waals surface area contributed by atoms with Gasteiger partial charge < -0.3 is 15.5 Å². The van der Waals surface area contributed by atoms with Gasteiger partial charge in [-0.25, -0.2) is 9.18 Å². The maximum Gasteiger partial charge on any atom is 0.321 e. The van der Waals surface area contributed by atoms with Gasteiger partial charge in [0.05, 0.1) is 0 Å². The molecule has 1 saturated heterocycles. The van der Waals surface area contributed by atoms with Crippen molar-refractivity contribution in [1.29, 1.82) is 0 Å². The molecule has 4 rings (SSSR count). The van der Waals surface area contributed by atoms with Gasteiger partial charge in [-0.05, 0) is 36.4 Å². The predicted molar refractivity (Wildman–Crippen MR) is 105 cm³/mol. The molecule has 1 fully saturated rings. The average Bonchev–Trinajstić information content (AvgIpc) is 3.00. The van der Waals surface area contributed by atoms with Crippen LogP contribution in [0.4, 0.5) is 14.9 Å². The molecule has 2 aromatic carbocycles. The number of piperidine rings is 1. The van der Waals surface area contributed by atoms with E-state index in [0.717, 1.165) is 0 Å². The van der Waals surface area contributed by atoms with E-state index < -0.39 is 5.66 Å². The second-order valence-corrected chi connectivity index (χ2v) is 7.32. The number of urea groups is 1. The highest BCUT2D eigenvalue weighted by molar-refractivity contribution is 6.47. The highest BCUT2D eigenvalue weighted by Crippen LogP contribution is 2.29. The molecule has 2 N–H and O–H groups in total. The van der Waals surface area contributed by atoms with E-state index in [-0.39, 0.29) is 17.8 Å². The van der Waals surface area contributed by atoms with Crippen LogP contribution in [0, 0.1) is 5.82 Å². The molecule has 144 valence electrons. The van der Waals surface area contributed by atoms with E-state index in [1.54, 1.807) is 29.2 Å². The molecule has 2 heterocycles. The number of carbonyl (C=O) groups excluding carboxylic acids is 2. The lowest BCUT2D eigenvalue weighted by molar-refractivity contribution is -0.115. The average molecular weight is 401 g/mol. The van der Waals surface area contributed by atoms with Crippen LogP contribution in [-0.4, -0.2) is 41.3 Å². The lowest BCUT2D eigenvalue weighted by Gasteiger charge is -2.37. The number of nitrogens with zero attached hydrogens (tertiary/aromatic N) is 2. The van der Waals surface area contributed by atoms with Crippen LogP contribution >= 0.6 is 11.6 Å². The molecule has 0 atom stereocenters. The summed E-state index contributed by atoms with van der Waals surface area (Å²) in [5, 5.41) is 6.26. The Morgan fingerprint density at radius 2 is 1.89 bits per heavy atom. The predicted octanol–water partition coefficient (Wildman–Crippen LogP) is 3.42. The van der Waals surface area contributed by atoms with Crippen molar-refractivity contribution < 1.29 is 14.0 Å². The van der Waals surface area contributed by atoms with E-state index in [1.165, 1.54) is 24.3 Å². The van der Waals surface area contributed by atoms with Crippen molar-refractivity contribution in [1.82, 2.24) is 10.2 Å². The van der Waals surface area contributed by atoms with Crippen LogP contribution in [0.15, 0.2) is 53.5 Å². The van der Waals surface area contributed by atoms with Gasteiger partial charge in [0.15, 0.2) is 0 Å². The van der Waals surface area contributed by atoms with Crippen molar-refractivity contribution in [3.05, 3.63) is 64.9 Å². The number of aliphatic imine (C=N–C) groups is 1. The molecule has 28 heavy (non-hydrogen) atoms. The van der Waals surface area contributed by atoms with Gasteiger partial charge in [-0.2, -0.15) is 0 Å². The first kappa shape index (κ1) is 18.4. The van der Waals surface area contributed by atoms with Crippen molar-refractivity contribution in [2.24, 2.45) is 4.99 Å². The maximum atomic E-state index is 13.0. The van der Waals surface area contributed by atoms with E-state index in [4.69, 9.17) is 11.6 Å². The quantitative estimate of drug-likeness (QED) is 0.810. The third-order valence-corrected chi connectivity index (χ3v) is 5.19. The van der Waals surface area contributed by atoms with Gasteiger partial charge in [-0.1, -0.05) is 23.7 Å². The molecule has 2 aromatic rings. The molecule has 2 aliphatic heterocycles. The van der Waals surface area contributed by atoms with E-state index in [9.17, 15) is 14.0 Å². The molecule has 8 heteroatoms. The number of rotatable bonds is 2. The van der Waals surface area contributed by atoms with Gasteiger partial charge in [0.25, 0.3) is 5.91 Å². The Kier molecular flexibility index (Phi) is 4.77. The van der Waals surface area contributed by atoms with Crippen LogP contribution in [0.3, 0.4) is 0 Å². The van der Waals surface area contributed by atoms with Crippen LogP contribution < -0.4 is 10.6 Å². The summed E-state index contributed by atoms with van der Waals surface area (Å²) < 4.78 is 13.0. The monoisotopic (exact) mass is 400 g/mol. The number of hydrogen-bond acceptors (Lipinski definition) is 3. The van der Waals surface area contributed by atoms with Gasteiger partial charge in [0.1, 0.15) is 17.2 Å². The fraction of sp³-hybridized carbons (Fsp3) is 0.250. The first-order valence-corrected chi connectivity index (χ1v) is 9.32. The summed E-state index contributed by atoms with van der Waals surface area (Å²) >= 11 is 6.02. The van der Waals surface area contributed by atoms with Gasteiger partial charge in [0.2, 0.25) is 0 Å². The summed E-state index contributed by atoms with van der Waals surface area (Å²) in [6.07, 6.45) is 1.03. The van der Waals surface area contributed by atoms with Crippen molar-refractivity contribution in [2.45, 2.75) is 18.5 Å². The summed E-state index contributed by atoms with van der Waals surface area (Å²) in [6.45, 7) is 0.888. The van der Waals surface area contributed by atoms with Crippen LogP contribution in [-0.2, 0) is 4.79 Å². The molecule has 0 unspecified atom stereocenters. The van der Waals surface area contributed by atoms with E-state index in [1.807, 2.05) is 0 Å². The van der Waals surface area contributed by atoms with E-state index in [0.29, 0.717) is 47.9 Å². The lowest BCUT2D eigenvalue weighted by Crippen LogP contribution is -2.53. The van der Waals surface area contributed by atoms with Crippen LogP contribution in [0.25, 0.3) is 0 Å². The zero-order valence-electron chi connectivity index (χ0n) is 14.9. The Bertz CT molecular complexity index is 953. The Morgan fingerprint density at radius 3 is 2.57 bits per heavy atom. The standard InChI is InChI=1S/C20H18ClFN4O2/c21-14-3-1-2-13(12-14)17-18(27)25-20(24-17)8-10-26(11-9-20)19(28)23-16-6-4-15(22)5-7-16/h1-7,12H,8-11H2,(H,23,28)(H,25,27). The molecule has 1 spiro atoms. The Balaban J connectivity index is 1.42. The lowest BCUT2D eigenvalue weighted by atomic mass is 9.98. The minimum atomic E-state index is -0.693. The van der Waals surface area contributed by atoms with Crippen LogP contribution in [0.5, 0.6) is 0 Å². The molecule has 0 radical (unpaired) electrons. The molecule has 0 saturated carbocycles. The smallest absolute Gasteiger partial charge is 0.321 e. The normalized spacial score (nSPS) is 18.0. The first-order chi connectivity index (χ1) is 13.4. The fourth-order valence-corrected chi connectivity index (χ4v) is 3.64. The zero-order chi connectivity index (χ0) is 19.7. The number of anilines is 1. The second kappa shape index (κ2) is 7.24. The largest absolute Gasteiger partial charge is 0.326 e. The summed E-state index contributed by atoms with van der Waals surface area (Å²) in [4.78, 5) is 31.2. The fourth-order valence-electron chi connectivity index (χ4n) is 3.45. The molecule has 0 aromatic heterocycles. The summed E-state index contributed by atoms with van der Waals surface area (Å²) in [7, 11) is 0. The Morgan fingerprint density at radius 1 is 1.18 bits per heavy atom. The third-order valence-electron chi connectivity index (χ3n) is 4.96. The van der Waals surface area contributed by atoms with Gasteiger partial charge in [-0.15, -0.1) is 0 Å². The zero-order valence-corrected chi connectivity index (χ0v) is 15.7. The van der Waals surface area contributed by atoms with Crippen molar-refractivity contribution >= 4 is 34.9 Å². The van der Waals surface area contributed by atoms with Crippen LogP contribution in [0.2, 0.25) is 5.02 Å². The Hall–Kier alpha value is -2.93. The number of benzene rings is 2. The second-order valence-electron chi connectivity index (χ2n) is 6.88. The number of hydrogen-bond donors (Lipinski definition) is 2. The van der Waals surface area contributed by atoms with E-state index in [2.05, 4.69) is 15.6 Å². The molecule has 0 bridgehead atoms. The molecular weight excluding hydrogens is 383 g/mol. The molecule has 0 aliphatic carbocycles. The van der Waals surface area contributed by atoms with Gasteiger partial charge in [-0.3, -0.25) is 9.79 Å². The number of amides is 3. The van der Waals surface area contributed by atoms with Crippen LogP contribution in [0.1, 0.15) is 18.4 Å². The highest BCUT2D eigenvalue weighted by Gasteiger charge is 2.42. The SMILES string of the molecule is O=C1NC2(CCN(C(=O)Nc3ccc(F)cc3)CC2)N=C1c1cccc(Cl)c1. The highest BCUT2D eigenvalue weighted by atomic mass is 35.5. The number of likely N-dealkylation sites (tertiary alicyclic amines) is 1. The number of nitrogens with one attached hydrogen (secondary N) is 2. The van der Waals surface area contributed by atoms with E-state index >= 15 is 0 Å². The number of carbonyl (C=O) groups is 2. The molecule has 6 nitrogen and oxygen atoms in total. The summed E-state index contributed by atoms with van der Waals surface area (Å²) in [5.74, 6) is -0.588. The number of halogens is 2. The van der Waals surface area contributed by atoms with Gasteiger partial charge in [0, 0.05) is 42.2 Å².